The number of hydrogen-bond acceptors (Lipinski definition) is 3. The van der Waals surface area contributed by atoms with Crippen LogP contribution in [0.5, 0.6) is 0 Å². The van der Waals surface area contributed by atoms with E-state index in [9.17, 15) is 4.79 Å². The lowest BCUT2D eigenvalue weighted by atomic mass is 9.91. The Bertz CT molecular complexity index is 346. The molecule has 80 valence electrons. The highest BCUT2D eigenvalue weighted by atomic mass is 16.1. The standard InChI is InChI=1S/C11H15N3O/c12-10(15)11(7-13-8-11)14-6-9-4-2-1-3-5-9/h1-5,13-14H,6-8H2,(H2,12,15). The van der Waals surface area contributed by atoms with E-state index in [4.69, 9.17) is 5.73 Å². The molecule has 4 nitrogen and oxygen atoms in total. The summed E-state index contributed by atoms with van der Waals surface area (Å²) in [5.41, 5.74) is 5.97. The van der Waals surface area contributed by atoms with E-state index in [1.807, 2.05) is 30.3 Å². The van der Waals surface area contributed by atoms with Crippen LogP contribution in [0, 0.1) is 0 Å². The molecule has 0 aliphatic carbocycles. The zero-order valence-corrected chi connectivity index (χ0v) is 8.49. The van der Waals surface area contributed by atoms with Crippen LogP contribution in [0.2, 0.25) is 0 Å². The third-order valence-corrected chi connectivity index (χ3v) is 2.80. The van der Waals surface area contributed by atoms with Gasteiger partial charge in [-0.15, -0.1) is 0 Å². The van der Waals surface area contributed by atoms with Gasteiger partial charge in [0.25, 0.3) is 0 Å². The number of nitrogens with one attached hydrogen (secondary N) is 2. The van der Waals surface area contributed by atoms with Crippen molar-refractivity contribution in [3.63, 3.8) is 0 Å². The van der Waals surface area contributed by atoms with Gasteiger partial charge in [0.1, 0.15) is 5.54 Å². The smallest absolute Gasteiger partial charge is 0.240 e. The van der Waals surface area contributed by atoms with Crippen molar-refractivity contribution in [3.8, 4) is 0 Å². The van der Waals surface area contributed by atoms with Gasteiger partial charge in [0.2, 0.25) is 5.91 Å². The van der Waals surface area contributed by atoms with Crippen LogP contribution in [0.25, 0.3) is 0 Å². The minimum Gasteiger partial charge on any atom is -0.368 e. The van der Waals surface area contributed by atoms with Gasteiger partial charge in [-0.2, -0.15) is 0 Å². The highest BCUT2D eigenvalue weighted by Crippen LogP contribution is 2.11. The molecule has 0 aromatic heterocycles. The number of primary amides is 1. The second-order valence-electron chi connectivity index (χ2n) is 3.89. The van der Waals surface area contributed by atoms with Gasteiger partial charge < -0.3 is 11.1 Å². The second kappa shape index (κ2) is 4.00. The van der Waals surface area contributed by atoms with Crippen molar-refractivity contribution in [2.24, 2.45) is 5.73 Å². The Balaban J connectivity index is 1.95. The lowest BCUT2D eigenvalue weighted by Crippen LogP contribution is -2.73. The first-order chi connectivity index (χ1) is 7.23. The molecule has 1 saturated heterocycles. The Morgan fingerprint density at radius 1 is 1.40 bits per heavy atom. The fraction of sp³-hybridized carbons (Fsp3) is 0.364. The van der Waals surface area contributed by atoms with Gasteiger partial charge in [-0.3, -0.25) is 10.1 Å². The molecule has 0 unspecified atom stereocenters. The Labute approximate surface area is 88.9 Å². The van der Waals surface area contributed by atoms with Crippen LogP contribution < -0.4 is 16.4 Å². The molecule has 1 amide bonds. The van der Waals surface area contributed by atoms with Gasteiger partial charge in [0, 0.05) is 19.6 Å². The molecule has 1 aliphatic heterocycles. The first-order valence-electron chi connectivity index (χ1n) is 5.02. The topological polar surface area (TPSA) is 67.2 Å². The Morgan fingerprint density at radius 3 is 2.53 bits per heavy atom. The summed E-state index contributed by atoms with van der Waals surface area (Å²) < 4.78 is 0. The Morgan fingerprint density at radius 2 is 2.07 bits per heavy atom. The molecular formula is C11H15N3O. The van der Waals surface area contributed by atoms with Crippen molar-refractivity contribution in [2.75, 3.05) is 13.1 Å². The molecule has 1 aromatic carbocycles. The number of nitrogens with two attached hydrogens (primary N) is 1. The summed E-state index contributed by atoms with van der Waals surface area (Å²) in [7, 11) is 0. The molecule has 1 heterocycles. The summed E-state index contributed by atoms with van der Waals surface area (Å²) in [4.78, 5) is 11.2. The van der Waals surface area contributed by atoms with Crippen LogP contribution in [0.3, 0.4) is 0 Å². The van der Waals surface area contributed by atoms with E-state index in [0.29, 0.717) is 19.6 Å². The lowest BCUT2D eigenvalue weighted by Gasteiger charge is -2.40. The zero-order valence-electron chi connectivity index (χ0n) is 8.49. The summed E-state index contributed by atoms with van der Waals surface area (Å²) in [6.07, 6.45) is 0. The maximum absolute atomic E-state index is 11.2. The van der Waals surface area contributed by atoms with Crippen molar-refractivity contribution >= 4 is 5.91 Å². The first-order valence-corrected chi connectivity index (χ1v) is 5.02. The molecule has 0 radical (unpaired) electrons. The Kier molecular flexibility index (Phi) is 2.70. The van der Waals surface area contributed by atoms with Crippen LogP contribution in [0.1, 0.15) is 5.56 Å². The number of rotatable bonds is 4. The highest BCUT2D eigenvalue weighted by Gasteiger charge is 2.42. The number of carbonyl (C=O) groups is 1. The van der Waals surface area contributed by atoms with Crippen LogP contribution in [0.4, 0.5) is 0 Å². The number of hydrogen-bond donors (Lipinski definition) is 3. The minimum atomic E-state index is -0.546. The monoisotopic (exact) mass is 205 g/mol. The zero-order chi connectivity index (χ0) is 10.7. The van der Waals surface area contributed by atoms with E-state index >= 15 is 0 Å². The maximum atomic E-state index is 11.2. The quantitative estimate of drug-likeness (QED) is 0.627. The van der Waals surface area contributed by atoms with E-state index in [-0.39, 0.29) is 5.91 Å². The van der Waals surface area contributed by atoms with Crippen molar-refractivity contribution < 1.29 is 4.79 Å². The first kappa shape index (κ1) is 10.1. The molecule has 15 heavy (non-hydrogen) atoms. The molecule has 1 aromatic rings. The molecule has 0 saturated carbocycles. The average molecular weight is 205 g/mol. The molecule has 1 fully saturated rings. The number of carbonyl (C=O) groups excluding carboxylic acids is 1. The van der Waals surface area contributed by atoms with E-state index < -0.39 is 5.54 Å². The minimum absolute atomic E-state index is 0.280. The predicted octanol–water partition coefficient (Wildman–Crippen LogP) is -0.397. The van der Waals surface area contributed by atoms with Gasteiger partial charge in [-0.25, -0.2) is 0 Å². The van der Waals surface area contributed by atoms with Crippen molar-refractivity contribution in [1.29, 1.82) is 0 Å². The SMILES string of the molecule is NC(=O)C1(NCc2ccccc2)CNC1. The lowest BCUT2D eigenvalue weighted by molar-refractivity contribution is -0.126. The summed E-state index contributed by atoms with van der Waals surface area (Å²) in [6.45, 7) is 1.91. The van der Waals surface area contributed by atoms with E-state index in [0.717, 1.165) is 5.56 Å². The van der Waals surface area contributed by atoms with Crippen LogP contribution in [-0.4, -0.2) is 24.5 Å². The second-order valence-corrected chi connectivity index (χ2v) is 3.89. The van der Waals surface area contributed by atoms with Crippen molar-refractivity contribution in [3.05, 3.63) is 35.9 Å². The molecule has 4 N–H and O–H groups in total. The number of amides is 1. The largest absolute Gasteiger partial charge is 0.368 e. The van der Waals surface area contributed by atoms with Crippen molar-refractivity contribution in [2.45, 2.75) is 12.1 Å². The van der Waals surface area contributed by atoms with Gasteiger partial charge in [-0.05, 0) is 5.56 Å². The van der Waals surface area contributed by atoms with E-state index in [2.05, 4.69) is 10.6 Å². The molecule has 0 spiro atoms. The predicted molar refractivity (Wildman–Crippen MR) is 58.1 cm³/mol. The van der Waals surface area contributed by atoms with Crippen LogP contribution in [0.15, 0.2) is 30.3 Å². The fourth-order valence-corrected chi connectivity index (χ4v) is 1.63. The molecular weight excluding hydrogens is 190 g/mol. The van der Waals surface area contributed by atoms with E-state index in [1.54, 1.807) is 0 Å². The van der Waals surface area contributed by atoms with Gasteiger partial charge in [0.15, 0.2) is 0 Å². The highest BCUT2D eigenvalue weighted by molar-refractivity contribution is 5.86. The molecule has 4 heteroatoms. The fourth-order valence-electron chi connectivity index (χ4n) is 1.63. The average Bonchev–Trinajstić information content (AvgIpc) is 2.17. The summed E-state index contributed by atoms with van der Waals surface area (Å²) >= 11 is 0. The van der Waals surface area contributed by atoms with Gasteiger partial charge in [-0.1, -0.05) is 30.3 Å². The molecule has 1 aliphatic rings. The third-order valence-electron chi connectivity index (χ3n) is 2.80. The van der Waals surface area contributed by atoms with Gasteiger partial charge >= 0.3 is 0 Å². The normalized spacial score (nSPS) is 18.1. The molecule has 0 atom stereocenters. The van der Waals surface area contributed by atoms with Crippen molar-refractivity contribution in [1.82, 2.24) is 10.6 Å². The van der Waals surface area contributed by atoms with Gasteiger partial charge in [0.05, 0.1) is 0 Å². The van der Waals surface area contributed by atoms with E-state index in [1.165, 1.54) is 0 Å². The molecule has 0 bridgehead atoms. The summed E-state index contributed by atoms with van der Waals surface area (Å²) in [5, 5.41) is 6.27. The Hall–Kier alpha value is -1.39. The maximum Gasteiger partial charge on any atom is 0.240 e. The summed E-state index contributed by atoms with van der Waals surface area (Å²) in [6, 6.07) is 9.97. The number of benzene rings is 1. The summed E-state index contributed by atoms with van der Waals surface area (Å²) in [5.74, 6) is -0.280. The third kappa shape index (κ3) is 2.00. The van der Waals surface area contributed by atoms with Crippen LogP contribution >= 0.6 is 0 Å². The van der Waals surface area contributed by atoms with Crippen LogP contribution in [-0.2, 0) is 11.3 Å². The molecule has 2 rings (SSSR count).